The minimum absolute atomic E-state index is 1.25. The van der Waals surface area contributed by atoms with E-state index >= 15 is 0 Å². The Kier molecular flexibility index (Phi) is 3.15. The van der Waals surface area contributed by atoms with Gasteiger partial charge in [-0.05, 0) is 11.6 Å². The molecule has 0 aliphatic heterocycles. The van der Waals surface area contributed by atoms with Crippen LogP contribution in [0.25, 0.3) is 22.2 Å². The van der Waals surface area contributed by atoms with Crippen molar-refractivity contribution < 1.29 is 4.58 Å². The number of hydrogen-bond donors (Lipinski definition) is 0. The fourth-order valence-electron chi connectivity index (χ4n) is 2.76. The zero-order valence-corrected chi connectivity index (χ0v) is 12.2. The molecule has 0 saturated carbocycles. The van der Waals surface area contributed by atoms with Crippen LogP contribution in [-0.2, 0) is 7.05 Å². The van der Waals surface area contributed by atoms with Crippen molar-refractivity contribution in [3.63, 3.8) is 0 Å². The largest absolute Gasteiger partial charge is 0.343 e. The highest BCUT2D eigenvalue weighted by atomic mass is 15.0. The van der Waals surface area contributed by atoms with E-state index in [0.29, 0.717) is 0 Å². The summed E-state index contributed by atoms with van der Waals surface area (Å²) in [5.41, 5.74) is 5.05. The molecule has 0 unspecified atom stereocenters. The molecule has 0 fully saturated rings. The Bertz CT molecular complexity index is 776. The first-order valence-corrected chi connectivity index (χ1v) is 6.82. The van der Waals surface area contributed by atoms with Gasteiger partial charge in [-0.15, -0.1) is 0 Å². The predicted octanol–water partition coefficient (Wildman–Crippen LogP) is 3.54. The number of benzene rings is 2. The Hall–Kier alpha value is -2.35. The van der Waals surface area contributed by atoms with Crippen molar-refractivity contribution in [1.82, 2.24) is 4.57 Å². The van der Waals surface area contributed by atoms with Crippen LogP contribution >= 0.6 is 0 Å². The zero-order valence-electron chi connectivity index (χ0n) is 12.2. The molecular weight excluding hydrogens is 244 g/mol. The molecule has 2 aromatic carbocycles. The molecule has 0 spiro atoms. The SMILES string of the molecule is Cn1c(-c2ccccc2)c(C=[N+](C)C)c2ccccc21. The van der Waals surface area contributed by atoms with E-state index in [4.69, 9.17) is 0 Å². The molecule has 0 bridgehead atoms. The molecule has 1 heterocycles. The van der Waals surface area contributed by atoms with E-state index in [1.54, 1.807) is 0 Å². The van der Waals surface area contributed by atoms with Crippen LogP contribution in [0, 0.1) is 0 Å². The molecular formula is C18H19N2+. The molecule has 2 nitrogen and oxygen atoms in total. The first-order valence-electron chi connectivity index (χ1n) is 6.82. The monoisotopic (exact) mass is 263 g/mol. The van der Waals surface area contributed by atoms with E-state index in [0.717, 1.165) is 0 Å². The lowest BCUT2D eigenvalue weighted by atomic mass is 10.1. The topological polar surface area (TPSA) is 7.94 Å². The second-order valence-corrected chi connectivity index (χ2v) is 5.30. The zero-order chi connectivity index (χ0) is 14.1. The number of nitrogens with zero attached hydrogens (tertiary/aromatic N) is 2. The van der Waals surface area contributed by atoms with Crippen molar-refractivity contribution in [3.05, 3.63) is 60.2 Å². The lowest BCUT2D eigenvalue weighted by Crippen LogP contribution is -2.01. The summed E-state index contributed by atoms with van der Waals surface area (Å²) < 4.78 is 4.38. The number of hydrogen-bond acceptors (Lipinski definition) is 0. The van der Waals surface area contributed by atoms with Gasteiger partial charge in [0.05, 0.1) is 11.3 Å². The number of fused-ring (bicyclic) bond motifs is 1. The highest BCUT2D eigenvalue weighted by Gasteiger charge is 2.16. The van der Waals surface area contributed by atoms with E-state index in [9.17, 15) is 0 Å². The van der Waals surface area contributed by atoms with Gasteiger partial charge in [0.25, 0.3) is 0 Å². The van der Waals surface area contributed by atoms with Gasteiger partial charge in [0, 0.05) is 18.0 Å². The Labute approximate surface area is 119 Å². The Morgan fingerprint density at radius 2 is 1.55 bits per heavy atom. The molecule has 0 radical (unpaired) electrons. The maximum absolute atomic E-state index is 2.28. The minimum Gasteiger partial charge on any atom is -0.343 e. The molecule has 0 saturated heterocycles. The third-order valence-corrected chi connectivity index (χ3v) is 3.58. The van der Waals surface area contributed by atoms with Gasteiger partial charge in [-0.25, -0.2) is 4.58 Å². The van der Waals surface area contributed by atoms with Crippen LogP contribution in [0.2, 0.25) is 0 Å². The molecule has 100 valence electrons. The van der Waals surface area contributed by atoms with E-state index in [2.05, 4.69) is 91.1 Å². The Balaban J connectivity index is 2.41. The highest BCUT2D eigenvalue weighted by molar-refractivity contribution is 6.05. The van der Waals surface area contributed by atoms with E-state index in [1.165, 1.54) is 27.7 Å². The molecule has 20 heavy (non-hydrogen) atoms. The normalized spacial score (nSPS) is 10.8. The predicted molar refractivity (Wildman–Crippen MR) is 85.6 cm³/mol. The number of aromatic nitrogens is 1. The quantitative estimate of drug-likeness (QED) is 0.493. The summed E-state index contributed by atoms with van der Waals surface area (Å²) in [4.78, 5) is 0. The summed E-state index contributed by atoms with van der Waals surface area (Å²) >= 11 is 0. The van der Waals surface area contributed by atoms with Gasteiger partial charge in [0.2, 0.25) is 0 Å². The maximum Gasteiger partial charge on any atom is 0.173 e. The summed E-state index contributed by atoms with van der Waals surface area (Å²) in [5, 5.41) is 1.29. The standard InChI is InChI=1S/C18H19N2/c1-19(2)13-16-15-11-7-8-12-17(15)20(3)18(16)14-9-5-4-6-10-14/h4-13H,1-3H3/q+1. The van der Waals surface area contributed by atoms with Crippen molar-refractivity contribution in [2.24, 2.45) is 7.05 Å². The van der Waals surface area contributed by atoms with Crippen molar-refractivity contribution in [1.29, 1.82) is 0 Å². The van der Waals surface area contributed by atoms with Gasteiger partial charge in [-0.3, -0.25) is 0 Å². The van der Waals surface area contributed by atoms with Gasteiger partial charge in [0.15, 0.2) is 6.21 Å². The highest BCUT2D eigenvalue weighted by Crippen LogP contribution is 2.31. The number of rotatable bonds is 2. The van der Waals surface area contributed by atoms with Gasteiger partial charge in [-0.1, -0.05) is 48.5 Å². The maximum atomic E-state index is 2.28. The van der Waals surface area contributed by atoms with Gasteiger partial charge >= 0.3 is 0 Å². The Morgan fingerprint density at radius 3 is 2.25 bits per heavy atom. The average molecular weight is 263 g/mol. The average Bonchev–Trinajstić information content (AvgIpc) is 2.73. The van der Waals surface area contributed by atoms with Gasteiger partial charge in [-0.2, -0.15) is 0 Å². The summed E-state index contributed by atoms with van der Waals surface area (Å²) in [6.07, 6.45) is 2.20. The fraction of sp³-hybridized carbons (Fsp3) is 0.167. The van der Waals surface area contributed by atoms with Crippen molar-refractivity contribution in [3.8, 4) is 11.3 Å². The molecule has 0 N–H and O–H groups in total. The third-order valence-electron chi connectivity index (χ3n) is 3.58. The molecule has 0 atom stereocenters. The van der Waals surface area contributed by atoms with Gasteiger partial charge in [0.1, 0.15) is 14.1 Å². The van der Waals surface area contributed by atoms with Crippen LogP contribution in [0.4, 0.5) is 0 Å². The summed E-state index contributed by atoms with van der Waals surface area (Å²) in [6.45, 7) is 0. The van der Waals surface area contributed by atoms with E-state index < -0.39 is 0 Å². The minimum atomic E-state index is 1.25. The number of aryl methyl sites for hydroxylation is 1. The van der Waals surface area contributed by atoms with Crippen molar-refractivity contribution >= 4 is 17.1 Å². The van der Waals surface area contributed by atoms with Crippen LogP contribution in [0.15, 0.2) is 54.6 Å². The van der Waals surface area contributed by atoms with E-state index in [1.807, 2.05) is 0 Å². The first-order chi connectivity index (χ1) is 9.68. The Morgan fingerprint density at radius 1 is 0.900 bits per heavy atom. The molecule has 0 aliphatic rings. The fourth-order valence-corrected chi connectivity index (χ4v) is 2.76. The van der Waals surface area contributed by atoms with E-state index in [-0.39, 0.29) is 0 Å². The van der Waals surface area contributed by atoms with Crippen LogP contribution in [0.3, 0.4) is 0 Å². The summed E-state index contributed by atoms with van der Waals surface area (Å²) in [7, 11) is 6.27. The smallest absolute Gasteiger partial charge is 0.173 e. The van der Waals surface area contributed by atoms with Gasteiger partial charge < -0.3 is 4.57 Å². The molecule has 2 heteroatoms. The first kappa shape index (κ1) is 12.7. The third kappa shape index (κ3) is 2.03. The number of para-hydroxylation sites is 1. The molecule has 1 aromatic heterocycles. The van der Waals surface area contributed by atoms with Crippen LogP contribution in [-0.4, -0.2) is 29.5 Å². The molecule has 3 rings (SSSR count). The van der Waals surface area contributed by atoms with Crippen LogP contribution < -0.4 is 0 Å². The summed E-state index contributed by atoms with van der Waals surface area (Å²) in [5.74, 6) is 0. The van der Waals surface area contributed by atoms with Crippen molar-refractivity contribution in [2.75, 3.05) is 14.1 Å². The summed E-state index contributed by atoms with van der Waals surface area (Å²) in [6, 6.07) is 19.1. The molecule has 3 aromatic rings. The lowest BCUT2D eigenvalue weighted by molar-refractivity contribution is -0.458. The molecule has 0 amide bonds. The second kappa shape index (κ2) is 4.97. The lowest BCUT2D eigenvalue weighted by Gasteiger charge is -2.05. The van der Waals surface area contributed by atoms with Crippen LogP contribution in [0.5, 0.6) is 0 Å². The van der Waals surface area contributed by atoms with Crippen molar-refractivity contribution in [2.45, 2.75) is 0 Å². The van der Waals surface area contributed by atoms with Crippen LogP contribution in [0.1, 0.15) is 5.56 Å². The second-order valence-electron chi connectivity index (χ2n) is 5.30. The molecule has 0 aliphatic carbocycles.